The summed E-state index contributed by atoms with van der Waals surface area (Å²) in [5.41, 5.74) is 0.987. The van der Waals surface area contributed by atoms with Crippen LogP contribution in [0.2, 0.25) is 0 Å². The molecule has 2 nitrogen and oxygen atoms in total. The van der Waals surface area contributed by atoms with Crippen LogP contribution < -0.4 is 10.1 Å². The zero-order chi connectivity index (χ0) is 15.0. The molecule has 0 amide bonds. The number of benzene rings is 1. The molecule has 1 aromatic carbocycles. The van der Waals surface area contributed by atoms with Crippen molar-refractivity contribution in [2.45, 2.75) is 45.0 Å². The van der Waals surface area contributed by atoms with Crippen molar-refractivity contribution in [1.29, 1.82) is 0 Å². The lowest BCUT2D eigenvalue weighted by Gasteiger charge is -2.20. The number of halogens is 3. The van der Waals surface area contributed by atoms with Gasteiger partial charge in [-0.25, -0.2) is 0 Å². The second-order valence-corrected chi connectivity index (χ2v) is 6.35. The molecule has 5 heteroatoms. The molecular formula is C15H20F3NO. The Hall–Kier alpha value is -1.23. The SMILES string of the molecule is CC(C)(C)NCC1CC1c1cccc(OC(F)(F)F)c1. The summed E-state index contributed by atoms with van der Waals surface area (Å²) >= 11 is 0. The van der Waals surface area contributed by atoms with Crippen molar-refractivity contribution < 1.29 is 17.9 Å². The molecule has 1 aliphatic carbocycles. The zero-order valence-corrected chi connectivity index (χ0v) is 11.9. The van der Waals surface area contributed by atoms with Gasteiger partial charge < -0.3 is 10.1 Å². The van der Waals surface area contributed by atoms with Gasteiger partial charge in [0.25, 0.3) is 0 Å². The minimum Gasteiger partial charge on any atom is -0.406 e. The van der Waals surface area contributed by atoms with Gasteiger partial charge in [-0.1, -0.05) is 12.1 Å². The van der Waals surface area contributed by atoms with Crippen LogP contribution in [0.15, 0.2) is 24.3 Å². The van der Waals surface area contributed by atoms with Crippen LogP contribution >= 0.6 is 0 Å². The van der Waals surface area contributed by atoms with E-state index in [1.807, 2.05) is 6.07 Å². The van der Waals surface area contributed by atoms with Gasteiger partial charge in [-0.2, -0.15) is 0 Å². The van der Waals surface area contributed by atoms with E-state index in [4.69, 9.17) is 0 Å². The van der Waals surface area contributed by atoms with E-state index >= 15 is 0 Å². The van der Waals surface area contributed by atoms with Crippen LogP contribution in [0, 0.1) is 5.92 Å². The van der Waals surface area contributed by atoms with Gasteiger partial charge in [-0.15, -0.1) is 13.2 Å². The molecule has 1 fully saturated rings. The summed E-state index contributed by atoms with van der Waals surface area (Å²) in [5, 5.41) is 3.43. The molecule has 112 valence electrons. The van der Waals surface area contributed by atoms with E-state index in [9.17, 15) is 13.2 Å². The van der Waals surface area contributed by atoms with Gasteiger partial charge in [0.15, 0.2) is 0 Å². The maximum atomic E-state index is 12.2. The predicted octanol–water partition coefficient (Wildman–Crippen LogP) is 4.08. The van der Waals surface area contributed by atoms with E-state index in [0.717, 1.165) is 18.5 Å². The van der Waals surface area contributed by atoms with E-state index < -0.39 is 6.36 Å². The highest BCUT2D eigenvalue weighted by atomic mass is 19.4. The molecule has 0 radical (unpaired) electrons. The van der Waals surface area contributed by atoms with Gasteiger partial charge in [-0.05, 0) is 63.3 Å². The Labute approximate surface area is 117 Å². The molecule has 0 bridgehead atoms. The highest BCUT2D eigenvalue weighted by Gasteiger charge is 2.39. The van der Waals surface area contributed by atoms with Gasteiger partial charge in [0.1, 0.15) is 5.75 Å². The van der Waals surface area contributed by atoms with Crippen molar-refractivity contribution in [2.75, 3.05) is 6.54 Å². The molecule has 2 atom stereocenters. The first kappa shape index (κ1) is 15.2. The first-order valence-electron chi connectivity index (χ1n) is 6.75. The van der Waals surface area contributed by atoms with Crippen LogP contribution in [0.5, 0.6) is 5.75 Å². The third-order valence-electron chi connectivity index (χ3n) is 3.34. The topological polar surface area (TPSA) is 21.3 Å². The predicted molar refractivity (Wildman–Crippen MR) is 71.7 cm³/mol. The lowest BCUT2D eigenvalue weighted by molar-refractivity contribution is -0.274. The smallest absolute Gasteiger partial charge is 0.406 e. The first-order chi connectivity index (χ1) is 9.14. The average Bonchev–Trinajstić information content (AvgIpc) is 3.02. The second-order valence-electron chi connectivity index (χ2n) is 6.35. The minimum atomic E-state index is -4.63. The molecule has 1 aromatic rings. The van der Waals surface area contributed by atoms with E-state index in [-0.39, 0.29) is 11.3 Å². The summed E-state index contributed by atoms with van der Waals surface area (Å²) < 4.78 is 40.5. The van der Waals surface area contributed by atoms with E-state index in [1.54, 1.807) is 6.07 Å². The fraction of sp³-hybridized carbons (Fsp3) is 0.600. The molecule has 0 aliphatic heterocycles. The van der Waals surface area contributed by atoms with Gasteiger partial charge >= 0.3 is 6.36 Å². The Kier molecular flexibility index (Phi) is 4.00. The van der Waals surface area contributed by atoms with Crippen LogP contribution in [0.4, 0.5) is 13.2 Å². The molecule has 0 heterocycles. The first-order valence-corrected chi connectivity index (χ1v) is 6.75. The summed E-state index contributed by atoms with van der Waals surface area (Å²) in [5.74, 6) is 0.696. The molecule has 0 saturated heterocycles. The number of ether oxygens (including phenoxy) is 1. The van der Waals surface area contributed by atoms with E-state index in [2.05, 4.69) is 30.8 Å². The molecule has 1 saturated carbocycles. The maximum absolute atomic E-state index is 12.2. The number of hydrogen-bond donors (Lipinski definition) is 1. The number of alkyl halides is 3. The molecular weight excluding hydrogens is 267 g/mol. The minimum absolute atomic E-state index is 0.0639. The summed E-state index contributed by atoms with van der Waals surface area (Å²) in [6, 6.07) is 6.31. The highest BCUT2D eigenvalue weighted by Crippen LogP contribution is 2.47. The largest absolute Gasteiger partial charge is 0.573 e. The maximum Gasteiger partial charge on any atom is 0.573 e. The number of nitrogens with one attached hydrogen (secondary N) is 1. The van der Waals surface area contributed by atoms with Gasteiger partial charge in [0, 0.05) is 5.54 Å². The van der Waals surface area contributed by atoms with E-state index in [0.29, 0.717) is 11.8 Å². The van der Waals surface area contributed by atoms with Gasteiger partial charge in [-0.3, -0.25) is 0 Å². The Morgan fingerprint density at radius 3 is 2.55 bits per heavy atom. The molecule has 1 aliphatic rings. The van der Waals surface area contributed by atoms with Crippen molar-refractivity contribution in [3.8, 4) is 5.75 Å². The Morgan fingerprint density at radius 1 is 1.25 bits per heavy atom. The molecule has 2 unspecified atom stereocenters. The van der Waals surface area contributed by atoms with Crippen LogP contribution in [0.25, 0.3) is 0 Å². The number of rotatable bonds is 4. The molecule has 1 N–H and O–H groups in total. The highest BCUT2D eigenvalue weighted by molar-refractivity contribution is 5.34. The third-order valence-corrected chi connectivity index (χ3v) is 3.34. The van der Waals surface area contributed by atoms with Crippen LogP contribution in [0.1, 0.15) is 38.7 Å². The van der Waals surface area contributed by atoms with Gasteiger partial charge in [0.05, 0.1) is 0 Å². The van der Waals surface area contributed by atoms with Crippen molar-refractivity contribution in [3.05, 3.63) is 29.8 Å². The standard InChI is InChI=1S/C15H20F3NO/c1-14(2,3)19-9-11-8-13(11)10-5-4-6-12(7-10)20-15(16,17)18/h4-7,11,13,19H,8-9H2,1-3H3. The van der Waals surface area contributed by atoms with Gasteiger partial charge in [0.2, 0.25) is 0 Å². The van der Waals surface area contributed by atoms with E-state index in [1.165, 1.54) is 12.1 Å². The molecule has 2 rings (SSSR count). The van der Waals surface area contributed by atoms with Crippen molar-refractivity contribution in [1.82, 2.24) is 5.32 Å². The number of hydrogen-bond acceptors (Lipinski definition) is 2. The lowest BCUT2D eigenvalue weighted by atomic mass is 10.1. The summed E-state index contributed by atoms with van der Waals surface area (Å²) in [6.45, 7) is 7.19. The Bertz CT molecular complexity index is 465. The summed E-state index contributed by atoms with van der Waals surface area (Å²) in [7, 11) is 0. The summed E-state index contributed by atoms with van der Waals surface area (Å²) in [4.78, 5) is 0. The average molecular weight is 287 g/mol. The van der Waals surface area contributed by atoms with Crippen LogP contribution in [0.3, 0.4) is 0 Å². The fourth-order valence-electron chi connectivity index (χ4n) is 2.26. The lowest BCUT2D eigenvalue weighted by Crippen LogP contribution is -2.37. The van der Waals surface area contributed by atoms with Crippen LogP contribution in [-0.2, 0) is 0 Å². The zero-order valence-electron chi connectivity index (χ0n) is 11.9. The Morgan fingerprint density at radius 2 is 1.95 bits per heavy atom. The monoisotopic (exact) mass is 287 g/mol. The second kappa shape index (κ2) is 5.28. The molecule has 0 aromatic heterocycles. The molecule has 0 spiro atoms. The normalized spacial score (nSPS) is 22.7. The third kappa shape index (κ3) is 4.71. The molecule has 20 heavy (non-hydrogen) atoms. The van der Waals surface area contributed by atoms with Crippen molar-refractivity contribution in [2.24, 2.45) is 5.92 Å². The van der Waals surface area contributed by atoms with Crippen molar-refractivity contribution >= 4 is 0 Å². The van der Waals surface area contributed by atoms with Crippen molar-refractivity contribution in [3.63, 3.8) is 0 Å². The quantitative estimate of drug-likeness (QED) is 0.901. The fourth-order valence-corrected chi connectivity index (χ4v) is 2.26. The Balaban J connectivity index is 1.93. The van der Waals surface area contributed by atoms with Crippen LogP contribution in [-0.4, -0.2) is 18.4 Å². The summed E-state index contributed by atoms with van der Waals surface area (Å²) in [6.07, 6.45) is -3.62.